The van der Waals surface area contributed by atoms with Gasteiger partial charge in [0, 0.05) is 21.3 Å². The van der Waals surface area contributed by atoms with Crippen LogP contribution < -0.4 is 10.2 Å². The number of halogens is 3. The number of quaternary nitrogens is 1. The van der Waals surface area contributed by atoms with Crippen LogP contribution in [-0.4, -0.2) is 19.0 Å². The molecule has 3 nitrogen and oxygen atoms in total. The van der Waals surface area contributed by atoms with Gasteiger partial charge in [-0.05, 0) is 37.3 Å². The van der Waals surface area contributed by atoms with Crippen LogP contribution in [0.5, 0.6) is 0 Å². The van der Waals surface area contributed by atoms with Crippen molar-refractivity contribution in [2.75, 3.05) is 12.4 Å². The average molecular weight is 356 g/mol. The standard InChI is InChI=1S/C17H17Cl2FN2O/c1-11(22(2)10-12-4-3-5-15(20)6-12)17(23)21-16-8-13(18)7-14(19)9-16/h3-9,11H,10H2,1-2H3,(H,21,23)/p+1/t11-/m1/s1. The highest BCUT2D eigenvalue weighted by molar-refractivity contribution is 6.35. The lowest BCUT2D eigenvalue weighted by atomic mass is 10.2. The molecule has 1 unspecified atom stereocenters. The summed E-state index contributed by atoms with van der Waals surface area (Å²) in [5.74, 6) is -0.432. The average Bonchev–Trinajstić information content (AvgIpc) is 2.45. The molecular formula is C17H18Cl2FN2O+. The molecule has 2 atom stereocenters. The van der Waals surface area contributed by atoms with E-state index in [1.54, 1.807) is 24.3 Å². The molecule has 0 aliphatic heterocycles. The van der Waals surface area contributed by atoms with E-state index in [1.165, 1.54) is 12.1 Å². The normalized spacial score (nSPS) is 13.4. The van der Waals surface area contributed by atoms with E-state index >= 15 is 0 Å². The van der Waals surface area contributed by atoms with Crippen LogP contribution in [0.15, 0.2) is 42.5 Å². The first-order valence-corrected chi connectivity index (χ1v) is 7.94. The van der Waals surface area contributed by atoms with Gasteiger partial charge in [0.2, 0.25) is 0 Å². The molecule has 23 heavy (non-hydrogen) atoms. The zero-order valence-corrected chi connectivity index (χ0v) is 14.4. The molecule has 0 aliphatic rings. The maximum absolute atomic E-state index is 13.2. The molecule has 1 amide bonds. The molecule has 122 valence electrons. The summed E-state index contributed by atoms with van der Waals surface area (Å²) in [7, 11) is 1.89. The van der Waals surface area contributed by atoms with Crippen LogP contribution in [0.4, 0.5) is 10.1 Å². The van der Waals surface area contributed by atoms with Crippen molar-refractivity contribution in [2.45, 2.75) is 19.5 Å². The molecule has 0 fully saturated rings. The van der Waals surface area contributed by atoms with Crippen LogP contribution in [0.3, 0.4) is 0 Å². The van der Waals surface area contributed by atoms with Crippen LogP contribution in [0, 0.1) is 5.82 Å². The number of nitrogens with one attached hydrogen (secondary N) is 2. The second kappa shape index (κ2) is 7.77. The third-order valence-electron chi connectivity index (χ3n) is 3.63. The van der Waals surface area contributed by atoms with Gasteiger partial charge in [-0.25, -0.2) is 4.39 Å². The van der Waals surface area contributed by atoms with Crippen molar-refractivity contribution in [1.82, 2.24) is 0 Å². The smallest absolute Gasteiger partial charge is 0.282 e. The van der Waals surface area contributed by atoms with Gasteiger partial charge in [0.1, 0.15) is 12.4 Å². The molecule has 6 heteroatoms. The van der Waals surface area contributed by atoms with Gasteiger partial charge >= 0.3 is 0 Å². The van der Waals surface area contributed by atoms with Crippen LogP contribution >= 0.6 is 23.2 Å². The molecule has 2 aromatic carbocycles. The van der Waals surface area contributed by atoms with Crippen molar-refractivity contribution >= 4 is 34.8 Å². The van der Waals surface area contributed by atoms with Gasteiger partial charge in [0.05, 0.1) is 7.05 Å². The molecule has 0 radical (unpaired) electrons. The summed E-state index contributed by atoms with van der Waals surface area (Å²) in [5.41, 5.74) is 1.39. The van der Waals surface area contributed by atoms with Crippen molar-refractivity contribution in [1.29, 1.82) is 0 Å². The number of hydrogen-bond acceptors (Lipinski definition) is 1. The number of anilines is 1. The number of carbonyl (C=O) groups excluding carboxylic acids is 1. The molecule has 0 aliphatic carbocycles. The minimum Gasteiger partial charge on any atom is -0.324 e. The lowest BCUT2D eigenvalue weighted by Crippen LogP contribution is -3.12. The molecule has 0 aromatic heterocycles. The first-order valence-electron chi connectivity index (χ1n) is 7.19. The second-order valence-corrected chi connectivity index (χ2v) is 6.39. The highest BCUT2D eigenvalue weighted by Gasteiger charge is 2.22. The van der Waals surface area contributed by atoms with Gasteiger partial charge in [-0.15, -0.1) is 0 Å². The van der Waals surface area contributed by atoms with E-state index in [-0.39, 0.29) is 17.8 Å². The van der Waals surface area contributed by atoms with Gasteiger partial charge in [0.15, 0.2) is 6.04 Å². The zero-order valence-electron chi connectivity index (χ0n) is 12.9. The van der Waals surface area contributed by atoms with Gasteiger partial charge in [0.25, 0.3) is 5.91 Å². The zero-order chi connectivity index (χ0) is 17.0. The molecule has 0 saturated heterocycles. The topological polar surface area (TPSA) is 33.5 Å². The monoisotopic (exact) mass is 355 g/mol. The third kappa shape index (κ3) is 5.20. The Bertz CT molecular complexity index is 688. The summed E-state index contributed by atoms with van der Waals surface area (Å²) in [6.07, 6.45) is 0. The minimum absolute atomic E-state index is 0.155. The first kappa shape index (κ1) is 17.7. The largest absolute Gasteiger partial charge is 0.324 e. The number of rotatable bonds is 5. The summed E-state index contributed by atoms with van der Waals surface area (Å²) in [6.45, 7) is 2.36. The van der Waals surface area contributed by atoms with Gasteiger partial charge < -0.3 is 10.2 Å². The lowest BCUT2D eigenvalue weighted by molar-refractivity contribution is -0.907. The summed E-state index contributed by atoms with van der Waals surface area (Å²) >= 11 is 11.8. The molecule has 0 heterocycles. The fourth-order valence-corrected chi connectivity index (χ4v) is 2.75. The van der Waals surface area contributed by atoms with Crippen molar-refractivity contribution in [2.24, 2.45) is 0 Å². The molecule has 0 spiro atoms. The van der Waals surface area contributed by atoms with Crippen LogP contribution in [0.2, 0.25) is 10.0 Å². The Morgan fingerprint density at radius 2 is 1.87 bits per heavy atom. The van der Waals surface area contributed by atoms with E-state index in [0.717, 1.165) is 10.5 Å². The predicted molar refractivity (Wildman–Crippen MR) is 91.5 cm³/mol. The highest BCUT2D eigenvalue weighted by Crippen LogP contribution is 2.22. The SMILES string of the molecule is C[C@H](C(=O)Nc1cc(Cl)cc(Cl)c1)[NH+](C)Cc1cccc(F)c1. The highest BCUT2D eigenvalue weighted by atomic mass is 35.5. The predicted octanol–water partition coefficient (Wildman–Crippen LogP) is 3.17. The quantitative estimate of drug-likeness (QED) is 0.848. The van der Waals surface area contributed by atoms with Gasteiger partial charge in [-0.2, -0.15) is 0 Å². The molecule has 0 saturated carbocycles. The summed E-state index contributed by atoms with van der Waals surface area (Å²) < 4.78 is 13.2. The maximum atomic E-state index is 13.2. The molecule has 2 rings (SSSR count). The van der Waals surface area contributed by atoms with Crippen molar-refractivity contribution in [3.05, 3.63) is 63.9 Å². The van der Waals surface area contributed by atoms with Gasteiger partial charge in [-0.3, -0.25) is 4.79 Å². The fraction of sp³-hybridized carbons (Fsp3) is 0.235. The Labute approximate surface area is 145 Å². The van der Waals surface area contributed by atoms with E-state index in [0.29, 0.717) is 22.3 Å². The molecule has 0 bridgehead atoms. The molecule has 2 aromatic rings. The van der Waals surface area contributed by atoms with Crippen molar-refractivity contribution < 1.29 is 14.1 Å². The van der Waals surface area contributed by atoms with E-state index in [4.69, 9.17) is 23.2 Å². The number of benzene rings is 2. The van der Waals surface area contributed by atoms with Crippen LogP contribution in [0.25, 0.3) is 0 Å². The Hall–Kier alpha value is -1.62. The van der Waals surface area contributed by atoms with Gasteiger partial charge in [-0.1, -0.05) is 35.3 Å². The Balaban J connectivity index is 2.00. The van der Waals surface area contributed by atoms with E-state index in [9.17, 15) is 9.18 Å². The van der Waals surface area contributed by atoms with E-state index < -0.39 is 0 Å². The van der Waals surface area contributed by atoms with Crippen LogP contribution in [0.1, 0.15) is 12.5 Å². The Morgan fingerprint density at radius 3 is 2.48 bits per heavy atom. The second-order valence-electron chi connectivity index (χ2n) is 5.52. The summed E-state index contributed by atoms with van der Waals surface area (Å²) in [4.78, 5) is 13.3. The third-order valence-corrected chi connectivity index (χ3v) is 4.07. The maximum Gasteiger partial charge on any atom is 0.282 e. The molecule has 2 N–H and O–H groups in total. The summed E-state index contributed by atoms with van der Waals surface area (Å²) in [6, 6.07) is 10.9. The Kier molecular flexibility index (Phi) is 5.99. The fourth-order valence-electron chi connectivity index (χ4n) is 2.22. The number of carbonyl (C=O) groups is 1. The van der Waals surface area contributed by atoms with Crippen LogP contribution in [-0.2, 0) is 11.3 Å². The van der Waals surface area contributed by atoms with E-state index in [2.05, 4.69) is 5.32 Å². The molecular weight excluding hydrogens is 338 g/mol. The van der Waals surface area contributed by atoms with Crippen molar-refractivity contribution in [3.8, 4) is 0 Å². The Morgan fingerprint density at radius 1 is 1.22 bits per heavy atom. The minimum atomic E-state index is -0.323. The first-order chi connectivity index (χ1) is 10.8. The van der Waals surface area contributed by atoms with E-state index in [1.807, 2.05) is 20.0 Å². The number of amides is 1. The number of likely N-dealkylation sites (N-methyl/N-ethyl adjacent to an activating group) is 1. The lowest BCUT2D eigenvalue weighted by Gasteiger charge is -2.21. The summed E-state index contributed by atoms with van der Waals surface area (Å²) in [5, 5.41) is 3.72. The van der Waals surface area contributed by atoms with Crippen molar-refractivity contribution in [3.63, 3.8) is 0 Å². The number of hydrogen-bond donors (Lipinski definition) is 2.